The monoisotopic (exact) mass is 464 g/mol. The molecule has 5 nitrogen and oxygen atoms in total. The van der Waals surface area contributed by atoms with Crippen molar-refractivity contribution in [3.8, 4) is 0 Å². The summed E-state index contributed by atoms with van der Waals surface area (Å²) < 4.78 is 6.57. The van der Waals surface area contributed by atoms with E-state index in [2.05, 4.69) is 33.0 Å². The number of carbonyl (C=O) groups is 1. The number of amides is 1. The van der Waals surface area contributed by atoms with Crippen LogP contribution in [0.25, 0.3) is 0 Å². The predicted octanol–water partition coefficient (Wildman–Crippen LogP) is 4.92. The number of halogens is 2. The standard InChI is InChI=1S/C21H22BrClN2O3/c1-3-5-14(22)9-17-12-21(20(26)24-17)18(13-6-4-7-15(23)8-13)10-16(25-27)11-19(21)28-2/h3-9,18-19,27H,1,10-12H2,2H3,(H,24,26)/b14-5+,17-9+,25-16-/t18-,19-,21-/m0/s1. The highest BCUT2D eigenvalue weighted by atomic mass is 79.9. The van der Waals surface area contributed by atoms with Gasteiger partial charge in [-0.3, -0.25) is 4.79 Å². The highest BCUT2D eigenvalue weighted by molar-refractivity contribution is 9.11. The molecule has 3 rings (SSSR count). The van der Waals surface area contributed by atoms with Crippen molar-refractivity contribution in [3.05, 3.63) is 69.8 Å². The van der Waals surface area contributed by atoms with E-state index in [1.165, 1.54) is 0 Å². The van der Waals surface area contributed by atoms with Gasteiger partial charge in [0.2, 0.25) is 5.91 Å². The van der Waals surface area contributed by atoms with Gasteiger partial charge in [-0.15, -0.1) is 0 Å². The third-order valence-electron chi connectivity index (χ3n) is 5.50. The Labute approximate surface area is 177 Å². The van der Waals surface area contributed by atoms with Crippen molar-refractivity contribution in [2.45, 2.75) is 31.3 Å². The van der Waals surface area contributed by atoms with Gasteiger partial charge in [0.25, 0.3) is 0 Å². The number of hydrogen-bond acceptors (Lipinski definition) is 4. The second kappa shape index (κ2) is 8.64. The van der Waals surface area contributed by atoms with Crippen molar-refractivity contribution in [3.63, 3.8) is 0 Å². The summed E-state index contributed by atoms with van der Waals surface area (Å²) in [5.41, 5.74) is 1.52. The minimum Gasteiger partial charge on any atom is -0.411 e. The summed E-state index contributed by atoms with van der Waals surface area (Å²) in [4.78, 5) is 13.3. The molecule has 1 spiro atoms. The zero-order chi connectivity index (χ0) is 20.3. The molecule has 0 bridgehead atoms. The van der Waals surface area contributed by atoms with Gasteiger partial charge in [0.15, 0.2) is 0 Å². The Morgan fingerprint density at radius 2 is 2.29 bits per heavy atom. The fourth-order valence-corrected chi connectivity index (χ4v) is 4.96. The molecule has 1 aliphatic heterocycles. The van der Waals surface area contributed by atoms with Gasteiger partial charge >= 0.3 is 0 Å². The minimum atomic E-state index is -0.819. The topological polar surface area (TPSA) is 70.9 Å². The summed E-state index contributed by atoms with van der Waals surface area (Å²) in [6.45, 7) is 3.68. The number of benzene rings is 1. The maximum Gasteiger partial charge on any atom is 0.234 e. The number of oxime groups is 1. The molecular formula is C21H22BrClN2O3. The molecule has 148 valence electrons. The number of hydrogen-bond donors (Lipinski definition) is 2. The molecule has 7 heteroatoms. The molecule has 1 aromatic carbocycles. The van der Waals surface area contributed by atoms with Crippen LogP contribution >= 0.6 is 27.5 Å². The Morgan fingerprint density at radius 1 is 1.50 bits per heavy atom. The summed E-state index contributed by atoms with van der Waals surface area (Å²) >= 11 is 9.69. The summed E-state index contributed by atoms with van der Waals surface area (Å²) in [5, 5.41) is 16.5. The molecule has 0 unspecified atom stereocenters. The third-order valence-corrected chi connectivity index (χ3v) is 6.23. The van der Waals surface area contributed by atoms with Crippen molar-refractivity contribution < 1.29 is 14.7 Å². The Hall–Kier alpha value is -1.89. The highest BCUT2D eigenvalue weighted by Crippen LogP contribution is 2.54. The third kappa shape index (κ3) is 3.81. The zero-order valence-electron chi connectivity index (χ0n) is 15.5. The van der Waals surface area contributed by atoms with Crippen molar-refractivity contribution >= 4 is 39.1 Å². The first kappa shape index (κ1) is 20.8. The lowest BCUT2D eigenvalue weighted by Crippen LogP contribution is -2.51. The second-order valence-electron chi connectivity index (χ2n) is 7.03. The van der Waals surface area contributed by atoms with E-state index >= 15 is 0 Å². The van der Waals surface area contributed by atoms with Crippen LogP contribution in [0.2, 0.25) is 5.02 Å². The van der Waals surface area contributed by atoms with Crippen LogP contribution in [0.5, 0.6) is 0 Å². The summed E-state index contributed by atoms with van der Waals surface area (Å²) in [7, 11) is 1.59. The molecule has 1 saturated heterocycles. The Kier molecular flexibility index (Phi) is 6.43. The number of allylic oxidation sites excluding steroid dienone is 5. The number of nitrogens with zero attached hydrogens (tertiary/aromatic N) is 1. The number of ether oxygens (including phenoxy) is 1. The fourth-order valence-electron chi connectivity index (χ4n) is 4.29. The van der Waals surface area contributed by atoms with E-state index < -0.39 is 11.5 Å². The predicted molar refractivity (Wildman–Crippen MR) is 114 cm³/mol. The van der Waals surface area contributed by atoms with E-state index in [0.29, 0.717) is 30.0 Å². The van der Waals surface area contributed by atoms with Crippen LogP contribution in [0.1, 0.15) is 30.7 Å². The van der Waals surface area contributed by atoms with E-state index in [4.69, 9.17) is 16.3 Å². The van der Waals surface area contributed by atoms with Gasteiger partial charge in [0.05, 0.1) is 17.2 Å². The van der Waals surface area contributed by atoms with E-state index in [1.807, 2.05) is 30.4 Å². The van der Waals surface area contributed by atoms with Crippen LogP contribution in [0.15, 0.2) is 64.4 Å². The van der Waals surface area contributed by atoms with Crippen LogP contribution in [0, 0.1) is 5.41 Å². The largest absolute Gasteiger partial charge is 0.411 e. The molecule has 2 N–H and O–H groups in total. The lowest BCUT2D eigenvalue weighted by Gasteiger charge is -2.44. The number of nitrogens with one attached hydrogen (secondary N) is 1. The Bertz CT molecular complexity index is 880. The second-order valence-corrected chi connectivity index (χ2v) is 8.39. The van der Waals surface area contributed by atoms with Gasteiger partial charge in [0, 0.05) is 41.1 Å². The van der Waals surface area contributed by atoms with E-state index in [0.717, 1.165) is 15.7 Å². The minimum absolute atomic E-state index is 0.0912. The van der Waals surface area contributed by atoms with Crippen LogP contribution in [-0.4, -0.2) is 30.0 Å². The van der Waals surface area contributed by atoms with Crippen molar-refractivity contribution in [2.75, 3.05) is 7.11 Å². The number of carbonyl (C=O) groups excluding carboxylic acids is 1. The molecule has 1 saturated carbocycles. The van der Waals surface area contributed by atoms with E-state index in [9.17, 15) is 10.0 Å². The molecule has 1 aliphatic carbocycles. The van der Waals surface area contributed by atoms with Crippen LogP contribution in [0.4, 0.5) is 0 Å². The SMILES string of the molecule is C=C/C=C(Br)\C=C1/C[C@@]2(C(=O)N1)[C@@H](OC)C/C(=N\O)C[C@H]2c1cccc(Cl)c1. The number of methoxy groups -OCH3 is 1. The molecule has 0 radical (unpaired) electrons. The normalized spacial score (nSPS) is 30.8. The van der Waals surface area contributed by atoms with Crippen molar-refractivity contribution in [1.82, 2.24) is 5.32 Å². The van der Waals surface area contributed by atoms with Crippen LogP contribution in [-0.2, 0) is 9.53 Å². The highest BCUT2D eigenvalue weighted by Gasteiger charge is 2.59. The maximum absolute atomic E-state index is 13.3. The average Bonchev–Trinajstić information content (AvgIpc) is 2.98. The lowest BCUT2D eigenvalue weighted by molar-refractivity contribution is -0.138. The van der Waals surface area contributed by atoms with E-state index in [1.54, 1.807) is 19.3 Å². The summed E-state index contributed by atoms with van der Waals surface area (Å²) in [5.74, 6) is -0.324. The maximum atomic E-state index is 13.3. The van der Waals surface area contributed by atoms with Gasteiger partial charge in [-0.05, 0) is 36.3 Å². The van der Waals surface area contributed by atoms with Gasteiger partial charge in [-0.25, -0.2) is 0 Å². The van der Waals surface area contributed by atoms with Crippen molar-refractivity contribution in [1.29, 1.82) is 0 Å². The molecule has 1 heterocycles. The first-order chi connectivity index (χ1) is 13.4. The van der Waals surface area contributed by atoms with Crippen LogP contribution < -0.4 is 5.32 Å². The molecule has 1 amide bonds. The molecule has 1 aromatic rings. The molecule has 3 atom stereocenters. The zero-order valence-corrected chi connectivity index (χ0v) is 17.8. The molecule has 2 fully saturated rings. The molecule has 28 heavy (non-hydrogen) atoms. The average molecular weight is 466 g/mol. The van der Waals surface area contributed by atoms with Gasteiger partial charge in [-0.1, -0.05) is 57.5 Å². The van der Waals surface area contributed by atoms with Crippen LogP contribution in [0.3, 0.4) is 0 Å². The van der Waals surface area contributed by atoms with Gasteiger partial charge in [0.1, 0.15) is 0 Å². The summed E-state index contributed by atoms with van der Waals surface area (Å²) in [6, 6.07) is 7.48. The Morgan fingerprint density at radius 3 is 2.93 bits per heavy atom. The molecule has 0 aromatic heterocycles. The smallest absolute Gasteiger partial charge is 0.234 e. The molecule has 2 aliphatic rings. The molecular weight excluding hydrogens is 444 g/mol. The first-order valence-electron chi connectivity index (χ1n) is 8.93. The van der Waals surface area contributed by atoms with Crippen molar-refractivity contribution in [2.24, 2.45) is 10.6 Å². The van der Waals surface area contributed by atoms with Gasteiger partial charge in [-0.2, -0.15) is 0 Å². The lowest BCUT2D eigenvalue weighted by atomic mass is 9.60. The Balaban J connectivity index is 2.11. The van der Waals surface area contributed by atoms with Gasteiger partial charge < -0.3 is 15.3 Å². The van der Waals surface area contributed by atoms with E-state index in [-0.39, 0.29) is 11.8 Å². The first-order valence-corrected chi connectivity index (χ1v) is 10.1. The summed E-state index contributed by atoms with van der Waals surface area (Å²) in [6.07, 6.45) is 6.28. The fraction of sp³-hybridized carbons (Fsp3) is 0.333. The number of rotatable bonds is 4. The quantitative estimate of drug-likeness (QED) is 0.377.